The molecule has 2 rings (SSSR count). The normalized spacial score (nSPS) is 10.8. The predicted molar refractivity (Wildman–Crippen MR) is 80.9 cm³/mol. The molecule has 0 fully saturated rings. The lowest BCUT2D eigenvalue weighted by Crippen LogP contribution is -2.03. The lowest BCUT2D eigenvalue weighted by atomic mass is 10.3. The van der Waals surface area contributed by atoms with Gasteiger partial charge in [0.2, 0.25) is 0 Å². The Kier molecular flexibility index (Phi) is 5.25. The fourth-order valence-corrected chi connectivity index (χ4v) is 2.71. The zero-order valence-corrected chi connectivity index (χ0v) is 12.9. The predicted octanol–water partition coefficient (Wildman–Crippen LogP) is 3.79. The molecule has 1 N–H and O–H groups in total. The Morgan fingerprint density at radius 1 is 1.48 bits per heavy atom. The standard InChI is InChI=1S/C14H14ClFN2O2S/c1-2-3-9-6-13(21-8-14(19)20)18(17-9)10-4-5-11(15)12(16)7-10/h4-7H,2-3,8H2,1H3,(H,19,20). The first-order chi connectivity index (χ1) is 10.0. The van der Waals surface area contributed by atoms with Crippen molar-refractivity contribution in [3.8, 4) is 5.69 Å². The molecule has 0 amide bonds. The van der Waals surface area contributed by atoms with Crippen LogP contribution in [0.1, 0.15) is 19.0 Å². The Labute approximate surface area is 130 Å². The van der Waals surface area contributed by atoms with Gasteiger partial charge < -0.3 is 5.11 Å². The van der Waals surface area contributed by atoms with Crippen molar-refractivity contribution in [2.75, 3.05) is 5.75 Å². The van der Waals surface area contributed by atoms with E-state index in [1.54, 1.807) is 10.7 Å². The monoisotopic (exact) mass is 328 g/mol. The van der Waals surface area contributed by atoms with Crippen LogP contribution in [0.4, 0.5) is 4.39 Å². The number of carboxylic acid groups (broad SMARTS) is 1. The summed E-state index contributed by atoms with van der Waals surface area (Å²) < 4.78 is 15.1. The minimum absolute atomic E-state index is 0.0411. The molecule has 0 aliphatic heterocycles. The Morgan fingerprint density at radius 3 is 2.86 bits per heavy atom. The molecule has 0 atom stereocenters. The van der Waals surface area contributed by atoms with E-state index in [1.165, 1.54) is 12.1 Å². The molecule has 0 aliphatic rings. The molecule has 7 heteroatoms. The van der Waals surface area contributed by atoms with E-state index in [0.29, 0.717) is 10.7 Å². The molecule has 1 aromatic heterocycles. The third-order valence-electron chi connectivity index (χ3n) is 2.72. The number of aliphatic carboxylic acids is 1. The lowest BCUT2D eigenvalue weighted by Gasteiger charge is -2.06. The first-order valence-electron chi connectivity index (χ1n) is 6.40. The van der Waals surface area contributed by atoms with E-state index in [1.807, 2.05) is 13.0 Å². The van der Waals surface area contributed by atoms with E-state index in [-0.39, 0.29) is 10.8 Å². The van der Waals surface area contributed by atoms with Crippen LogP contribution in [0.15, 0.2) is 29.3 Å². The van der Waals surface area contributed by atoms with Gasteiger partial charge in [0.1, 0.15) is 10.8 Å². The summed E-state index contributed by atoms with van der Waals surface area (Å²) in [7, 11) is 0. The topological polar surface area (TPSA) is 55.1 Å². The maximum atomic E-state index is 13.6. The summed E-state index contributed by atoms with van der Waals surface area (Å²) in [5.41, 5.74) is 1.37. The highest BCUT2D eigenvalue weighted by atomic mass is 35.5. The molecule has 0 aliphatic carbocycles. The highest BCUT2D eigenvalue weighted by molar-refractivity contribution is 7.99. The summed E-state index contributed by atoms with van der Waals surface area (Å²) in [5.74, 6) is -1.52. The number of halogens is 2. The third-order valence-corrected chi connectivity index (χ3v) is 4.01. The van der Waals surface area contributed by atoms with Gasteiger partial charge in [0.05, 0.1) is 22.2 Å². The molecular formula is C14H14ClFN2O2S. The van der Waals surface area contributed by atoms with Gasteiger partial charge >= 0.3 is 5.97 Å². The van der Waals surface area contributed by atoms with Crippen LogP contribution in [0, 0.1) is 5.82 Å². The van der Waals surface area contributed by atoms with Gasteiger partial charge in [-0.15, -0.1) is 0 Å². The van der Waals surface area contributed by atoms with Gasteiger partial charge in [-0.1, -0.05) is 36.7 Å². The zero-order chi connectivity index (χ0) is 15.4. The maximum Gasteiger partial charge on any atom is 0.313 e. The summed E-state index contributed by atoms with van der Waals surface area (Å²) in [6.07, 6.45) is 1.71. The second-order valence-electron chi connectivity index (χ2n) is 4.42. The van der Waals surface area contributed by atoms with Crippen LogP contribution in [0.3, 0.4) is 0 Å². The minimum atomic E-state index is -0.910. The van der Waals surface area contributed by atoms with Crippen molar-refractivity contribution in [1.82, 2.24) is 9.78 Å². The van der Waals surface area contributed by atoms with E-state index >= 15 is 0 Å². The quantitative estimate of drug-likeness (QED) is 0.820. The van der Waals surface area contributed by atoms with E-state index in [2.05, 4.69) is 5.10 Å². The number of hydrogen-bond acceptors (Lipinski definition) is 3. The van der Waals surface area contributed by atoms with Crippen molar-refractivity contribution < 1.29 is 14.3 Å². The second-order valence-corrected chi connectivity index (χ2v) is 5.82. The van der Waals surface area contributed by atoms with Gasteiger partial charge in [-0.05, 0) is 24.6 Å². The second kappa shape index (κ2) is 6.95. The highest BCUT2D eigenvalue weighted by Gasteiger charge is 2.13. The number of thioether (sulfide) groups is 1. The molecule has 0 saturated carbocycles. The number of carbonyl (C=O) groups is 1. The van der Waals surface area contributed by atoms with Crippen LogP contribution in [-0.2, 0) is 11.2 Å². The van der Waals surface area contributed by atoms with Crippen molar-refractivity contribution in [2.24, 2.45) is 0 Å². The lowest BCUT2D eigenvalue weighted by molar-refractivity contribution is -0.133. The van der Waals surface area contributed by atoms with Crippen molar-refractivity contribution >= 4 is 29.3 Å². The van der Waals surface area contributed by atoms with E-state index in [0.717, 1.165) is 30.3 Å². The van der Waals surface area contributed by atoms with Gasteiger partial charge in [-0.2, -0.15) is 5.10 Å². The molecule has 0 bridgehead atoms. The molecule has 21 heavy (non-hydrogen) atoms. The molecule has 1 heterocycles. The summed E-state index contributed by atoms with van der Waals surface area (Å²) in [6.45, 7) is 2.03. The molecular weight excluding hydrogens is 315 g/mol. The number of rotatable bonds is 6. The molecule has 112 valence electrons. The molecule has 2 aromatic rings. The van der Waals surface area contributed by atoms with Gasteiger partial charge in [0.25, 0.3) is 0 Å². The largest absolute Gasteiger partial charge is 0.481 e. The van der Waals surface area contributed by atoms with Crippen molar-refractivity contribution in [3.05, 3.63) is 40.8 Å². The average molecular weight is 329 g/mol. The maximum absolute atomic E-state index is 13.6. The van der Waals surface area contributed by atoms with Crippen LogP contribution >= 0.6 is 23.4 Å². The summed E-state index contributed by atoms with van der Waals surface area (Å²) >= 11 is 6.83. The Balaban J connectivity index is 2.38. The molecule has 4 nitrogen and oxygen atoms in total. The Bertz CT molecular complexity index is 660. The minimum Gasteiger partial charge on any atom is -0.481 e. The van der Waals surface area contributed by atoms with Crippen LogP contribution in [0.5, 0.6) is 0 Å². The highest BCUT2D eigenvalue weighted by Crippen LogP contribution is 2.25. The molecule has 0 unspecified atom stereocenters. The number of nitrogens with zero attached hydrogens (tertiary/aromatic N) is 2. The van der Waals surface area contributed by atoms with Crippen LogP contribution in [0.25, 0.3) is 5.69 Å². The fourth-order valence-electron chi connectivity index (χ4n) is 1.83. The first-order valence-corrected chi connectivity index (χ1v) is 7.76. The number of carboxylic acids is 1. The third kappa shape index (κ3) is 3.98. The smallest absolute Gasteiger partial charge is 0.313 e. The first kappa shape index (κ1) is 15.9. The van der Waals surface area contributed by atoms with Crippen molar-refractivity contribution in [2.45, 2.75) is 24.8 Å². The van der Waals surface area contributed by atoms with E-state index in [9.17, 15) is 9.18 Å². The van der Waals surface area contributed by atoms with Crippen molar-refractivity contribution in [1.29, 1.82) is 0 Å². The Hall–Kier alpha value is -1.53. The zero-order valence-electron chi connectivity index (χ0n) is 11.3. The van der Waals surface area contributed by atoms with E-state index < -0.39 is 11.8 Å². The SMILES string of the molecule is CCCc1cc(SCC(=O)O)n(-c2ccc(Cl)c(F)c2)n1. The van der Waals surface area contributed by atoms with Crippen LogP contribution in [0.2, 0.25) is 5.02 Å². The number of hydrogen-bond donors (Lipinski definition) is 1. The number of benzene rings is 1. The molecule has 0 saturated heterocycles. The van der Waals surface area contributed by atoms with Crippen LogP contribution < -0.4 is 0 Å². The molecule has 0 spiro atoms. The van der Waals surface area contributed by atoms with Gasteiger partial charge in [0, 0.05) is 6.07 Å². The van der Waals surface area contributed by atoms with Crippen molar-refractivity contribution in [3.63, 3.8) is 0 Å². The number of aromatic nitrogens is 2. The van der Waals surface area contributed by atoms with Gasteiger partial charge in [0.15, 0.2) is 0 Å². The summed E-state index contributed by atoms with van der Waals surface area (Å²) in [6, 6.07) is 6.23. The average Bonchev–Trinajstić information content (AvgIpc) is 2.83. The van der Waals surface area contributed by atoms with Crippen LogP contribution in [-0.4, -0.2) is 26.6 Å². The van der Waals surface area contributed by atoms with Gasteiger partial charge in [-0.3, -0.25) is 4.79 Å². The fraction of sp³-hybridized carbons (Fsp3) is 0.286. The van der Waals surface area contributed by atoms with E-state index in [4.69, 9.17) is 16.7 Å². The van der Waals surface area contributed by atoms with Gasteiger partial charge in [-0.25, -0.2) is 9.07 Å². The molecule has 0 radical (unpaired) electrons. The summed E-state index contributed by atoms with van der Waals surface area (Å²) in [4.78, 5) is 10.7. The Morgan fingerprint density at radius 2 is 2.24 bits per heavy atom. The summed E-state index contributed by atoms with van der Waals surface area (Å²) in [5, 5.41) is 13.9. The number of aryl methyl sites for hydroxylation is 1. The molecule has 1 aromatic carbocycles.